The number of nitrogens with one attached hydrogen (secondary N) is 1. The highest BCUT2D eigenvalue weighted by molar-refractivity contribution is 6.04. The first-order valence-electron chi connectivity index (χ1n) is 14.9. The third kappa shape index (κ3) is 6.59. The minimum atomic E-state index is -0.821. The number of benzene rings is 3. The lowest BCUT2D eigenvalue weighted by atomic mass is 10.1. The second-order valence-corrected chi connectivity index (χ2v) is 11.2. The Kier molecular flexibility index (Phi) is 8.90. The summed E-state index contributed by atoms with van der Waals surface area (Å²) >= 11 is 0. The lowest BCUT2D eigenvalue weighted by Crippen LogP contribution is -2.44. The van der Waals surface area contributed by atoms with Gasteiger partial charge in [-0.25, -0.2) is 4.79 Å². The molecule has 1 fully saturated rings. The van der Waals surface area contributed by atoms with E-state index in [1.165, 1.54) is 7.11 Å². The Morgan fingerprint density at radius 3 is 2.20 bits per heavy atom. The number of piperazine rings is 1. The molecule has 1 aromatic heterocycles. The third-order valence-corrected chi connectivity index (χ3v) is 8.26. The minimum Gasteiger partial charge on any atom is -0.443 e. The van der Waals surface area contributed by atoms with Crippen molar-refractivity contribution in [2.75, 3.05) is 50.6 Å². The van der Waals surface area contributed by atoms with Gasteiger partial charge in [-0.1, -0.05) is 60.7 Å². The summed E-state index contributed by atoms with van der Waals surface area (Å²) in [6.07, 6.45) is -1.52. The number of amides is 2. The van der Waals surface area contributed by atoms with E-state index in [0.717, 1.165) is 47.7 Å². The van der Waals surface area contributed by atoms with Gasteiger partial charge >= 0.3 is 6.09 Å². The Morgan fingerprint density at radius 2 is 1.53 bits per heavy atom. The zero-order valence-corrected chi connectivity index (χ0v) is 25.4. The van der Waals surface area contributed by atoms with Crippen LogP contribution in [0.3, 0.4) is 0 Å². The van der Waals surface area contributed by atoms with E-state index in [2.05, 4.69) is 27.3 Å². The van der Waals surface area contributed by atoms with E-state index >= 15 is 0 Å². The van der Waals surface area contributed by atoms with Gasteiger partial charge in [0.15, 0.2) is 11.9 Å². The zero-order valence-electron chi connectivity index (χ0n) is 25.4. The number of rotatable bonds is 8. The molecule has 11 nitrogen and oxygen atoms in total. The van der Waals surface area contributed by atoms with Crippen LogP contribution in [0.5, 0.6) is 0 Å². The number of carbonyl (C=O) groups excluding carboxylic acids is 3. The molecular weight excluding hydrogens is 572 g/mol. The normalized spacial score (nSPS) is 15.4. The number of likely N-dealkylation sites (N-methyl/N-ethyl adjacent to an activating group) is 1. The van der Waals surface area contributed by atoms with Gasteiger partial charge < -0.3 is 29.5 Å². The van der Waals surface area contributed by atoms with Crippen molar-refractivity contribution in [2.24, 2.45) is 0 Å². The molecule has 0 saturated carbocycles. The van der Waals surface area contributed by atoms with Gasteiger partial charge in [0.05, 0.1) is 18.8 Å². The van der Waals surface area contributed by atoms with E-state index in [4.69, 9.17) is 9.47 Å². The Balaban J connectivity index is 1.22. The summed E-state index contributed by atoms with van der Waals surface area (Å²) in [5, 5.41) is 7.33. The van der Waals surface area contributed by atoms with Crippen molar-refractivity contribution in [3.63, 3.8) is 0 Å². The number of carbonyl (C=O) groups is 3. The molecule has 6 rings (SSSR count). The van der Waals surface area contributed by atoms with Crippen molar-refractivity contribution in [2.45, 2.75) is 25.8 Å². The van der Waals surface area contributed by atoms with Crippen LogP contribution in [-0.2, 0) is 34.0 Å². The molecule has 2 aliphatic heterocycles. The number of fused-ring (bicyclic) bond motifs is 1. The largest absolute Gasteiger partial charge is 0.443 e. The lowest BCUT2D eigenvalue weighted by molar-refractivity contribution is -0.143. The number of hydrogen-bond acceptors (Lipinski definition) is 8. The molecule has 0 aliphatic carbocycles. The molecular formula is C34H36N6O5. The Bertz CT molecular complexity index is 1650. The summed E-state index contributed by atoms with van der Waals surface area (Å²) in [6, 6.07) is 26.0. The molecule has 2 aliphatic rings. The van der Waals surface area contributed by atoms with Gasteiger partial charge in [0.1, 0.15) is 6.61 Å². The van der Waals surface area contributed by atoms with E-state index in [1.54, 1.807) is 17.0 Å². The summed E-state index contributed by atoms with van der Waals surface area (Å²) in [5.41, 5.74) is 4.11. The fourth-order valence-corrected chi connectivity index (χ4v) is 5.67. The highest BCUT2D eigenvalue weighted by Crippen LogP contribution is 2.33. The molecule has 1 N–H and O–H groups in total. The standard InChI is InChI=1S/C34H36N6O5/c1-37-17-19-38(20-18-37)27-15-13-26(14-16-27)32(41)35-31-28-21-39(33(42)30(44-2)25-11-7-4-8-12-25)22-29(28)40(36-31)34(43)45-23-24-9-5-3-6-10-24/h3-16,30H,17-23H2,1-2H3,(H,35,36,41)/t30-/m1/s1. The van der Waals surface area contributed by atoms with Crippen molar-refractivity contribution in [3.05, 3.63) is 113 Å². The first-order chi connectivity index (χ1) is 21.9. The van der Waals surface area contributed by atoms with E-state index in [-0.39, 0.29) is 37.3 Å². The highest BCUT2D eigenvalue weighted by Gasteiger charge is 2.36. The third-order valence-electron chi connectivity index (χ3n) is 8.26. The SMILES string of the molecule is CO[C@@H](C(=O)N1Cc2c(NC(=O)c3ccc(N4CCN(C)CC4)cc3)nn(C(=O)OCc3ccccc3)c2C1)c1ccccc1. The van der Waals surface area contributed by atoms with E-state index < -0.39 is 12.2 Å². The van der Waals surface area contributed by atoms with Crippen molar-refractivity contribution in [1.82, 2.24) is 19.6 Å². The number of hydrogen-bond donors (Lipinski definition) is 1. The Morgan fingerprint density at radius 1 is 0.867 bits per heavy atom. The van der Waals surface area contributed by atoms with Gasteiger partial charge in [-0.3, -0.25) is 9.59 Å². The maximum absolute atomic E-state index is 13.6. The molecule has 0 radical (unpaired) electrons. The maximum Gasteiger partial charge on any atom is 0.435 e. The average molecular weight is 609 g/mol. The summed E-state index contributed by atoms with van der Waals surface area (Å²) in [5.74, 6) is -0.423. The van der Waals surface area contributed by atoms with E-state index in [1.807, 2.05) is 72.8 Å². The van der Waals surface area contributed by atoms with Crippen molar-refractivity contribution < 1.29 is 23.9 Å². The smallest absolute Gasteiger partial charge is 0.435 e. The van der Waals surface area contributed by atoms with Gasteiger partial charge in [0.25, 0.3) is 11.8 Å². The number of aromatic nitrogens is 2. The van der Waals surface area contributed by atoms with E-state index in [9.17, 15) is 14.4 Å². The number of methoxy groups -OCH3 is 1. The molecule has 0 bridgehead atoms. The van der Waals surface area contributed by atoms with Crippen LogP contribution in [0.1, 0.15) is 38.8 Å². The fraction of sp³-hybridized carbons (Fsp3) is 0.294. The molecule has 0 spiro atoms. The van der Waals surface area contributed by atoms with Crippen LogP contribution in [0.2, 0.25) is 0 Å². The number of nitrogens with zero attached hydrogens (tertiary/aromatic N) is 5. The maximum atomic E-state index is 13.6. The highest BCUT2D eigenvalue weighted by atomic mass is 16.6. The number of ether oxygens (including phenoxy) is 2. The van der Waals surface area contributed by atoms with Crippen molar-refractivity contribution in [1.29, 1.82) is 0 Å². The zero-order chi connectivity index (χ0) is 31.3. The summed E-state index contributed by atoms with van der Waals surface area (Å²) in [7, 11) is 3.60. The van der Waals surface area contributed by atoms with Gasteiger partial charge in [-0.05, 0) is 42.4 Å². The second kappa shape index (κ2) is 13.3. The van der Waals surface area contributed by atoms with Crippen LogP contribution in [-0.4, -0.2) is 77.8 Å². The molecule has 0 unspecified atom stereocenters. The van der Waals surface area contributed by atoms with E-state index in [0.29, 0.717) is 16.8 Å². The average Bonchev–Trinajstić information content (AvgIpc) is 3.66. The molecule has 3 aromatic carbocycles. The van der Waals surface area contributed by atoms with Gasteiger partial charge in [-0.2, -0.15) is 4.68 Å². The molecule has 11 heteroatoms. The van der Waals surface area contributed by atoms with Crippen molar-refractivity contribution in [3.8, 4) is 0 Å². The van der Waals surface area contributed by atoms with Crippen LogP contribution < -0.4 is 10.2 Å². The molecule has 1 atom stereocenters. The lowest BCUT2D eigenvalue weighted by Gasteiger charge is -2.34. The number of anilines is 2. The van der Waals surface area contributed by atoms with Crippen LogP contribution in [0.4, 0.5) is 16.3 Å². The van der Waals surface area contributed by atoms with Gasteiger partial charge in [0, 0.05) is 50.1 Å². The Labute approximate surface area is 261 Å². The molecule has 45 heavy (non-hydrogen) atoms. The van der Waals surface area contributed by atoms with Gasteiger partial charge in [-0.15, -0.1) is 5.10 Å². The molecule has 4 aromatic rings. The summed E-state index contributed by atoms with van der Waals surface area (Å²) in [4.78, 5) is 46.5. The van der Waals surface area contributed by atoms with Crippen molar-refractivity contribution >= 4 is 29.4 Å². The summed E-state index contributed by atoms with van der Waals surface area (Å²) in [6.45, 7) is 4.12. The first kappa shape index (κ1) is 30.0. The molecule has 2 amide bonds. The second-order valence-electron chi connectivity index (χ2n) is 11.2. The quantitative estimate of drug-likeness (QED) is 0.316. The van der Waals surface area contributed by atoms with Crippen LogP contribution in [0, 0.1) is 0 Å². The van der Waals surface area contributed by atoms with Crippen LogP contribution >= 0.6 is 0 Å². The molecule has 1 saturated heterocycles. The predicted molar refractivity (Wildman–Crippen MR) is 169 cm³/mol. The van der Waals surface area contributed by atoms with Gasteiger partial charge in [0.2, 0.25) is 0 Å². The minimum absolute atomic E-state index is 0.0536. The van der Waals surface area contributed by atoms with Crippen LogP contribution in [0.15, 0.2) is 84.9 Å². The topological polar surface area (TPSA) is 109 Å². The fourth-order valence-electron chi connectivity index (χ4n) is 5.67. The molecule has 3 heterocycles. The van der Waals surface area contributed by atoms with Crippen LogP contribution in [0.25, 0.3) is 0 Å². The summed E-state index contributed by atoms with van der Waals surface area (Å²) < 4.78 is 12.3. The molecule has 232 valence electrons. The Hall–Kier alpha value is -5.00. The predicted octanol–water partition coefficient (Wildman–Crippen LogP) is 4.30. The monoisotopic (exact) mass is 608 g/mol. The first-order valence-corrected chi connectivity index (χ1v) is 14.9.